The highest BCUT2D eigenvalue weighted by molar-refractivity contribution is 9.10. The number of carboxylic acids is 1. The molecule has 0 unspecified atom stereocenters. The second-order valence-electron chi connectivity index (χ2n) is 6.48. The van der Waals surface area contributed by atoms with E-state index in [9.17, 15) is 4.79 Å². The first kappa shape index (κ1) is 15.9. The summed E-state index contributed by atoms with van der Waals surface area (Å²) in [6.45, 7) is 1.95. The van der Waals surface area contributed by atoms with Crippen LogP contribution >= 0.6 is 15.9 Å². The number of aliphatic carboxylic acids is 1. The quantitative estimate of drug-likeness (QED) is 0.737. The van der Waals surface area contributed by atoms with E-state index in [-0.39, 0.29) is 6.54 Å². The van der Waals surface area contributed by atoms with Crippen LogP contribution in [0.25, 0.3) is 0 Å². The zero-order valence-corrected chi connectivity index (χ0v) is 14.1. The predicted molar refractivity (Wildman–Crippen MR) is 87.5 cm³/mol. The fourth-order valence-corrected chi connectivity index (χ4v) is 3.43. The lowest BCUT2D eigenvalue weighted by molar-refractivity contribution is -0.139. The number of aromatic nitrogens is 1. The van der Waals surface area contributed by atoms with Crippen molar-refractivity contribution < 1.29 is 9.90 Å². The summed E-state index contributed by atoms with van der Waals surface area (Å²) >= 11 is 3.43. The van der Waals surface area contributed by atoms with Crippen LogP contribution in [0.4, 0.5) is 0 Å². The topological polar surface area (TPSA) is 65.5 Å². The van der Waals surface area contributed by atoms with Crippen molar-refractivity contribution in [3.05, 3.63) is 28.5 Å². The zero-order valence-electron chi connectivity index (χ0n) is 12.5. The fraction of sp³-hybridized carbons (Fsp3) is 0.625. The van der Waals surface area contributed by atoms with Crippen LogP contribution in [0.1, 0.15) is 31.2 Å². The highest BCUT2D eigenvalue weighted by Crippen LogP contribution is 2.33. The molecule has 0 saturated heterocycles. The van der Waals surface area contributed by atoms with Gasteiger partial charge in [0.2, 0.25) is 0 Å². The Morgan fingerprint density at radius 2 is 2.18 bits per heavy atom. The van der Waals surface area contributed by atoms with Gasteiger partial charge in [-0.15, -0.1) is 0 Å². The van der Waals surface area contributed by atoms with Crippen LogP contribution in [0, 0.1) is 5.92 Å². The molecule has 0 bridgehead atoms. The normalized spacial score (nSPS) is 24.3. The molecule has 0 amide bonds. The van der Waals surface area contributed by atoms with Crippen LogP contribution in [0.15, 0.2) is 22.9 Å². The van der Waals surface area contributed by atoms with Crippen LogP contribution in [-0.2, 0) is 11.3 Å². The van der Waals surface area contributed by atoms with E-state index in [0.29, 0.717) is 12.1 Å². The lowest BCUT2D eigenvalue weighted by atomic mass is 9.85. The van der Waals surface area contributed by atoms with Gasteiger partial charge in [-0.1, -0.05) is 0 Å². The maximum Gasteiger partial charge on any atom is 0.317 e. The van der Waals surface area contributed by atoms with Crippen LogP contribution in [0.2, 0.25) is 0 Å². The van der Waals surface area contributed by atoms with Gasteiger partial charge in [-0.3, -0.25) is 14.7 Å². The maximum absolute atomic E-state index is 11.0. The van der Waals surface area contributed by atoms with Crippen LogP contribution in [0.3, 0.4) is 0 Å². The molecule has 1 aromatic rings. The van der Waals surface area contributed by atoms with Crippen molar-refractivity contribution in [1.82, 2.24) is 15.2 Å². The van der Waals surface area contributed by atoms with Gasteiger partial charge in [0.15, 0.2) is 0 Å². The molecule has 2 aliphatic carbocycles. The molecule has 2 aliphatic rings. The average Bonchev–Trinajstić information content (AvgIpc) is 3.20. The molecule has 0 atom stereocenters. The molecule has 0 aromatic carbocycles. The second-order valence-corrected chi connectivity index (χ2v) is 7.40. The average molecular weight is 368 g/mol. The molecule has 6 heteroatoms. The largest absolute Gasteiger partial charge is 0.480 e. The van der Waals surface area contributed by atoms with Gasteiger partial charge >= 0.3 is 5.97 Å². The summed E-state index contributed by atoms with van der Waals surface area (Å²) in [5.41, 5.74) is 1.16. The van der Waals surface area contributed by atoms with Gasteiger partial charge < -0.3 is 10.4 Å². The number of hydrogen-bond acceptors (Lipinski definition) is 4. The van der Waals surface area contributed by atoms with E-state index < -0.39 is 5.97 Å². The van der Waals surface area contributed by atoms with Gasteiger partial charge in [0.1, 0.15) is 0 Å². The van der Waals surface area contributed by atoms with Crippen molar-refractivity contribution in [1.29, 1.82) is 0 Å². The smallest absolute Gasteiger partial charge is 0.317 e. The molecular weight excluding hydrogens is 346 g/mol. The van der Waals surface area contributed by atoms with Crippen LogP contribution < -0.4 is 5.32 Å². The third-order valence-electron chi connectivity index (χ3n) is 4.51. The number of carboxylic acid groups (broad SMARTS) is 1. The Kier molecular flexibility index (Phi) is 5.10. The third kappa shape index (κ3) is 4.51. The zero-order chi connectivity index (χ0) is 15.5. The summed E-state index contributed by atoms with van der Waals surface area (Å²) in [7, 11) is 0. The van der Waals surface area contributed by atoms with Gasteiger partial charge in [-0.2, -0.15) is 0 Å². The Balaban J connectivity index is 1.42. The van der Waals surface area contributed by atoms with E-state index in [1.165, 1.54) is 12.8 Å². The minimum absolute atomic E-state index is 0.184. The van der Waals surface area contributed by atoms with Crippen molar-refractivity contribution in [2.45, 2.75) is 44.3 Å². The molecule has 2 N–H and O–H groups in total. The Morgan fingerprint density at radius 1 is 1.41 bits per heavy atom. The molecule has 22 heavy (non-hydrogen) atoms. The summed E-state index contributed by atoms with van der Waals surface area (Å²) in [5, 5.41) is 12.6. The maximum atomic E-state index is 11.0. The summed E-state index contributed by atoms with van der Waals surface area (Å²) in [6, 6.07) is 2.98. The Bertz CT molecular complexity index is 530. The summed E-state index contributed by atoms with van der Waals surface area (Å²) in [6.07, 6.45) is 8.27. The SMILES string of the molecule is O=C(O)CN(CC1CC1)C1CC(NCc2cncc(Br)c2)C1. The predicted octanol–water partition coefficient (Wildman–Crippen LogP) is 2.26. The van der Waals surface area contributed by atoms with E-state index >= 15 is 0 Å². The number of pyridine rings is 1. The molecule has 3 rings (SSSR count). The van der Waals surface area contributed by atoms with E-state index in [4.69, 9.17) is 5.11 Å². The highest BCUT2D eigenvalue weighted by atomic mass is 79.9. The summed E-state index contributed by atoms with van der Waals surface area (Å²) in [5.74, 6) is 0.0244. The molecule has 120 valence electrons. The molecule has 1 aromatic heterocycles. The first-order valence-corrected chi connectivity index (χ1v) is 8.68. The molecule has 1 heterocycles. The molecule has 0 spiro atoms. The van der Waals surface area contributed by atoms with Crippen molar-refractivity contribution in [2.24, 2.45) is 5.92 Å². The number of hydrogen-bond donors (Lipinski definition) is 2. The van der Waals surface area contributed by atoms with Crippen molar-refractivity contribution in [3.8, 4) is 0 Å². The number of carbonyl (C=O) groups is 1. The summed E-state index contributed by atoms with van der Waals surface area (Å²) < 4.78 is 0.996. The molecular formula is C16H22BrN3O2. The standard InChI is InChI=1S/C16H22BrN3O2/c17-13-3-12(6-18-8-13)7-19-14-4-15(5-14)20(10-16(21)22)9-11-1-2-11/h3,6,8,11,14-15,19H,1-2,4-5,7,9-10H2,(H,21,22). The minimum atomic E-state index is -0.711. The lowest BCUT2D eigenvalue weighted by Crippen LogP contribution is -2.54. The van der Waals surface area contributed by atoms with Gasteiger partial charge in [-0.05, 0) is 59.2 Å². The van der Waals surface area contributed by atoms with Crippen LogP contribution in [-0.4, -0.2) is 46.1 Å². The third-order valence-corrected chi connectivity index (χ3v) is 4.95. The van der Waals surface area contributed by atoms with Gasteiger partial charge in [0.25, 0.3) is 0 Å². The Hall–Kier alpha value is -0.980. The summed E-state index contributed by atoms with van der Waals surface area (Å²) in [4.78, 5) is 17.3. The first-order chi connectivity index (χ1) is 10.6. The van der Waals surface area contributed by atoms with E-state index in [2.05, 4.69) is 37.2 Å². The first-order valence-electron chi connectivity index (χ1n) is 7.89. The second kappa shape index (κ2) is 7.06. The van der Waals surface area contributed by atoms with Crippen molar-refractivity contribution in [3.63, 3.8) is 0 Å². The number of halogens is 1. The monoisotopic (exact) mass is 367 g/mol. The van der Waals surface area contributed by atoms with Crippen molar-refractivity contribution in [2.75, 3.05) is 13.1 Å². The highest BCUT2D eigenvalue weighted by Gasteiger charge is 2.36. The van der Waals surface area contributed by atoms with E-state index in [1.807, 2.05) is 6.20 Å². The Labute approximate surface area is 139 Å². The molecule has 2 fully saturated rings. The fourth-order valence-electron chi connectivity index (χ4n) is 3.02. The van der Waals surface area contributed by atoms with Gasteiger partial charge in [0.05, 0.1) is 6.54 Å². The Morgan fingerprint density at radius 3 is 2.82 bits per heavy atom. The molecule has 5 nitrogen and oxygen atoms in total. The molecule has 2 saturated carbocycles. The van der Waals surface area contributed by atoms with E-state index in [1.54, 1.807) is 6.20 Å². The van der Waals surface area contributed by atoms with Crippen LogP contribution in [0.5, 0.6) is 0 Å². The van der Waals surface area contributed by atoms with E-state index in [0.717, 1.165) is 41.9 Å². The molecule has 0 aliphatic heterocycles. The van der Waals surface area contributed by atoms with Crippen molar-refractivity contribution >= 4 is 21.9 Å². The number of rotatable bonds is 8. The van der Waals surface area contributed by atoms with Gasteiger partial charge in [0, 0.05) is 42.0 Å². The number of nitrogens with zero attached hydrogens (tertiary/aromatic N) is 2. The molecule has 0 radical (unpaired) electrons. The van der Waals surface area contributed by atoms with Gasteiger partial charge in [-0.25, -0.2) is 0 Å². The number of nitrogens with one attached hydrogen (secondary N) is 1. The lowest BCUT2D eigenvalue weighted by Gasteiger charge is -2.43. The minimum Gasteiger partial charge on any atom is -0.480 e.